The van der Waals surface area contributed by atoms with Crippen molar-refractivity contribution >= 4 is 50.4 Å². The van der Waals surface area contributed by atoms with Crippen molar-refractivity contribution in [3.8, 4) is 0 Å². The van der Waals surface area contributed by atoms with Gasteiger partial charge in [-0.15, -0.1) is 0 Å². The van der Waals surface area contributed by atoms with Gasteiger partial charge in [-0.1, -0.05) is 30.3 Å². The van der Waals surface area contributed by atoms with Crippen molar-refractivity contribution in [1.29, 1.82) is 0 Å². The van der Waals surface area contributed by atoms with Crippen LogP contribution in [0.5, 0.6) is 0 Å². The molecule has 0 saturated heterocycles. The number of hydrogen-bond donors (Lipinski definition) is 1. The normalized spacial score (nSPS) is 11.0. The molecule has 1 radical (unpaired) electrons. The average molecular weight is 231 g/mol. The van der Waals surface area contributed by atoms with Crippen LogP contribution in [-0.2, 0) is 10.1 Å². The second kappa shape index (κ2) is 4.63. The Morgan fingerprint density at radius 1 is 0.933 bits per heavy atom. The molecule has 0 aliphatic carbocycles. The van der Waals surface area contributed by atoms with Crippen LogP contribution in [0.4, 0.5) is 0 Å². The Bertz CT molecular complexity index is 578. The molecule has 0 amide bonds. The topological polar surface area (TPSA) is 54.4 Å². The molecule has 2 aromatic rings. The molecule has 0 atom stereocenters. The zero-order valence-corrected chi connectivity index (χ0v) is 11.0. The van der Waals surface area contributed by atoms with Gasteiger partial charge in [0.25, 0.3) is 10.1 Å². The number of benzene rings is 2. The predicted molar refractivity (Wildman–Crippen MR) is 59.5 cm³/mol. The average Bonchev–Trinajstić information content (AvgIpc) is 2.16. The molecule has 15 heavy (non-hydrogen) atoms. The first-order valence-electron chi connectivity index (χ1n) is 4.04. The molecule has 0 fully saturated rings. The third kappa shape index (κ3) is 2.80. The number of fused-ring (bicyclic) bond motifs is 1. The molecule has 3 nitrogen and oxygen atoms in total. The predicted octanol–water partition coefficient (Wildman–Crippen LogP) is 1.71. The van der Waals surface area contributed by atoms with Gasteiger partial charge >= 0.3 is 0 Å². The van der Waals surface area contributed by atoms with E-state index >= 15 is 0 Å². The van der Waals surface area contributed by atoms with Crippen molar-refractivity contribution in [2.75, 3.05) is 0 Å². The molecule has 1 N–H and O–H groups in total. The van der Waals surface area contributed by atoms with Crippen LogP contribution in [0.3, 0.4) is 0 Å². The van der Waals surface area contributed by atoms with Crippen LogP contribution in [0, 0.1) is 0 Å². The third-order valence-electron chi connectivity index (χ3n) is 2.02. The van der Waals surface area contributed by atoms with Crippen molar-refractivity contribution < 1.29 is 13.0 Å². The Balaban J connectivity index is 0.00000112. The van der Waals surface area contributed by atoms with Crippen molar-refractivity contribution in [2.24, 2.45) is 0 Å². The summed E-state index contributed by atoms with van der Waals surface area (Å²) in [5.41, 5.74) is 0. The Hall–Kier alpha value is -0.390. The van der Waals surface area contributed by atoms with E-state index in [4.69, 9.17) is 4.55 Å². The number of rotatable bonds is 1. The van der Waals surface area contributed by atoms with Gasteiger partial charge < -0.3 is 0 Å². The van der Waals surface area contributed by atoms with Crippen molar-refractivity contribution in [1.82, 2.24) is 0 Å². The first kappa shape index (κ1) is 12.7. The SMILES string of the molecule is O=S(=O)(O)c1ccc2ccccc2c1.[Na]. The summed E-state index contributed by atoms with van der Waals surface area (Å²) in [4.78, 5) is -0.0730. The number of hydrogen-bond acceptors (Lipinski definition) is 2. The molecular weight excluding hydrogens is 223 g/mol. The molecular formula is C10H8NaO3S. The fourth-order valence-electron chi connectivity index (χ4n) is 1.33. The van der Waals surface area contributed by atoms with E-state index in [1.165, 1.54) is 12.1 Å². The minimum Gasteiger partial charge on any atom is -0.282 e. The van der Waals surface area contributed by atoms with Gasteiger partial charge in [0.2, 0.25) is 0 Å². The summed E-state index contributed by atoms with van der Waals surface area (Å²) in [5.74, 6) is 0. The molecule has 2 aromatic carbocycles. The molecule has 0 spiro atoms. The van der Waals surface area contributed by atoms with E-state index in [1.807, 2.05) is 18.2 Å². The van der Waals surface area contributed by atoms with E-state index in [9.17, 15) is 8.42 Å². The Morgan fingerprint density at radius 2 is 1.53 bits per heavy atom. The Labute approximate surface area is 110 Å². The van der Waals surface area contributed by atoms with Crippen molar-refractivity contribution in [3.63, 3.8) is 0 Å². The monoisotopic (exact) mass is 231 g/mol. The van der Waals surface area contributed by atoms with E-state index in [-0.39, 0.29) is 34.5 Å². The molecule has 73 valence electrons. The largest absolute Gasteiger partial charge is 0.294 e. The third-order valence-corrected chi connectivity index (χ3v) is 2.87. The van der Waals surface area contributed by atoms with Gasteiger partial charge in [-0.05, 0) is 22.9 Å². The first-order chi connectivity index (χ1) is 6.57. The zero-order chi connectivity index (χ0) is 10.2. The maximum atomic E-state index is 10.8. The van der Waals surface area contributed by atoms with Crippen LogP contribution in [0.2, 0.25) is 0 Å². The molecule has 0 bridgehead atoms. The van der Waals surface area contributed by atoms with Crippen molar-refractivity contribution in [3.05, 3.63) is 42.5 Å². The molecule has 0 heterocycles. The van der Waals surface area contributed by atoms with Crippen LogP contribution >= 0.6 is 0 Å². The van der Waals surface area contributed by atoms with Gasteiger partial charge in [-0.25, -0.2) is 0 Å². The van der Waals surface area contributed by atoms with Gasteiger partial charge in [0.05, 0.1) is 4.90 Å². The molecule has 0 aliphatic heterocycles. The maximum Gasteiger partial charge on any atom is 0.294 e. The summed E-state index contributed by atoms with van der Waals surface area (Å²) in [6.45, 7) is 0. The zero-order valence-electron chi connectivity index (χ0n) is 8.21. The van der Waals surface area contributed by atoms with E-state index in [0.29, 0.717) is 0 Å². The fourth-order valence-corrected chi connectivity index (χ4v) is 1.84. The molecule has 5 heteroatoms. The standard InChI is InChI=1S/C10H8O3S.Na/c11-14(12,13)10-6-5-8-3-1-2-4-9(8)7-10;/h1-7H,(H,11,12,13);. The Kier molecular flexibility index (Phi) is 3.92. The molecule has 0 saturated carbocycles. The van der Waals surface area contributed by atoms with Gasteiger partial charge in [-0.3, -0.25) is 4.55 Å². The molecule has 2 rings (SSSR count). The molecule has 0 unspecified atom stereocenters. The summed E-state index contributed by atoms with van der Waals surface area (Å²) in [6, 6.07) is 11.9. The van der Waals surface area contributed by atoms with E-state index in [1.54, 1.807) is 12.1 Å². The summed E-state index contributed by atoms with van der Waals surface area (Å²) in [5, 5.41) is 1.74. The van der Waals surface area contributed by atoms with Crippen LogP contribution in [0.15, 0.2) is 47.4 Å². The minimum atomic E-state index is -4.09. The van der Waals surface area contributed by atoms with Gasteiger partial charge in [0.1, 0.15) is 0 Å². The quantitative estimate of drug-likeness (QED) is 0.600. The van der Waals surface area contributed by atoms with Crippen LogP contribution < -0.4 is 0 Å². The van der Waals surface area contributed by atoms with Gasteiger partial charge in [0.15, 0.2) is 0 Å². The molecule has 0 aromatic heterocycles. The second-order valence-corrected chi connectivity index (χ2v) is 4.41. The fraction of sp³-hybridized carbons (Fsp3) is 0. The van der Waals surface area contributed by atoms with Gasteiger partial charge in [0, 0.05) is 29.6 Å². The summed E-state index contributed by atoms with van der Waals surface area (Å²) in [7, 11) is -4.09. The van der Waals surface area contributed by atoms with Gasteiger partial charge in [-0.2, -0.15) is 8.42 Å². The molecule has 0 aliphatic rings. The van der Waals surface area contributed by atoms with E-state index < -0.39 is 10.1 Å². The smallest absolute Gasteiger partial charge is 0.282 e. The van der Waals surface area contributed by atoms with Crippen LogP contribution in [0.1, 0.15) is 0 Å². The van der Waals surface area contributed by atoms with Crippen LogP contribution in [0.25, 0.3) is 10.8 Å². The summed E-state index contributed by atoms with van der Waals surface area (Å²) >= 11 is 0. The van der Waals surface area contributed by atoms with Crippen LogP contribution in [-0.4, -0.2) is 42.5 Å². The van der Waals surface area contributed by atoms with E-state index in [2.05, 4.69) is 0 Å². The minimum absolute atomic E-state index is 0. The van der Waals surface area contributed by atoms with Crippen molar-refractivity contribution in [2.45, 2.75) is 4.90 Å². The summed E-state index contributed by atoms with van der Waals surface area (Å²) < 4.78 is 30.5. The second-order valence-electron chi connectivity index (χ2n) is 2.98. The van der Waals surface area contributed by atoms with E-state index in [0.717, 1.165) is 10.8 Å². The Morgan fingerprint density at radius 3 is 2.13 bits per heavy atom. The maximum absolute atomic E-state index is 10.8. The first-order valence-corrected chi connectivity index (χ1v) is 5.48. The summed E-state index contributed by atoms with van der Waals surface area (Å²) in [6.07, 6.45) is 0.